The highest BCUT2D eigenvalue weighted by atomic mass is 32.2. The van der Waals surface area contributed by atoms with Gasteiger partial charge in [0.15, 0.2) is 0 Å². The summed E-state index contributed by atoms with van der Waals surface area (Å²) in [5, 5.41) is 1.26. The number of hydrogen-bond acceptors (Lipinski definition) is 3. The van der Waals surface area contributed by atoms with Crippen molar-refractivity contribution in [3.05, 3.63) is 12.2 Å². The van der Waals surface area contributed by atoms with Gasteiger partial charge in [0.2, 0.25) is 0 Å². The molecule has 1 rings (SSSR count). The fourth-order valence-electron chi connectivity index (χ4n) is 0.771. The number of thiol groups is 2. The summed E-state index contributed by atoms with van der Waals surface area (Å²) < 4.78 is 0. The Balaban J connectivity index is 2.31. The lowest BCUT2D eigenvalue weighted by atomic mass is 10.3. The van der Waals surface area contributed by atoms with Gasteiger partial charge in [-0.2, -0.15) is 25.3 Å². The van der Waals surface area contributed by atoms with E-state index in [9.17, 15) is 0 Å². The summed E-state index contributed by atoms with van der Waals surface area (Å²) in [5.74, 6) is 1.90. The molecular formula is C6H10S3. The maximum atomic E-state index is 4.20. The Bertz CT molecular complexity index is 98.9. The summed E-state index contributed by atoms with van der Waals surface area (Å²) in [7, 11) is 0. The van der Waals surface area contributed by atoms with Gasteiger partial charge in [0.1, 0.15) is 0 Å². The zero-order valence-corrected chi connectivity index (χ0v) is 7.63. The fraction of sp³-hybridized carbons (Fsp3) is 0.667. The van der Waals surface area contributed by atoms with Crippen LogP contribution in [0.25, 0.3) is 0 Å². The summed E-state index contributed by atoms with van der Waals surface area (Å²) >= 11 is 10.3. The Morgan fingerprint density at radius 1 is 1.11 bits per heavy atom. The van der Waals surface area contributed by atoms with Crippen LogP contribution in [-0.2, 0) is 0 Å². The van der Waals surface area contributed by atoms with Gasteiger partial charge in [-0.25, -0.2) is 0 Å². The van der Waals surface area contributed by atoms with Gasteiger partial charge >= 0.3 is 0 Å². The molecule has 2 atom stereocenters. The van der Waals surface area contributed by atoms with E-state index in [1.165, 1.54) is 0 Å². The smallest absolute Gasteiger partial charge is 0.0321 e. The topological polar surface area (TPSA) is 0 Å². The molecule has 0 spiro atoms. The molecule has 0 aromatic carbocycles. The van der Waals surface area contributed by atoms with E-state index in [4.69, 9.17) is 0 Å². The van der Waals surface area contributed by atoms with Crippen molar-refractivity contribution in [2.45, 2.75) is 10.5 Å². The predicted octanol–water partition coefficient (Wildman–Crippen LogP) is 1.89. The second-order valence-electron chi connectivity index (χ2n) is 1.96. The van der Waals surface area contributed by atoms with Gasteiger partial charge in [0.05, 0.1) is 0 Å². The van der Waals surface area contributed by atoms with Crippen molar-refractivity contribution in [2.24, 2.45) is 0 Å². The molecule has 9 heavy (non-hydrogen) atoms. The third-order valence-electron chi connectivity index (χ3n) is 1.25. The Hall–Kier alpha value is 0.790. The van der Waals surface area contributed by atoms with Crippen LogP contribution >= 0.6 is 37.0 Å². The Kier molecular flexibility index (Phi) is 3.37. The van der Waals surface area contributed by atoms with E-state index in [1.807, 2.05) is 11.8 Å². The first-order valence-corrected chi connectivity index (χ1v) is 5.13. The molecule has 0 aromatic rings. The molecule has 0 saturated heterocycles. The fourth-order valence-corrected chi connectivity index (χ4v) is 2.51. The molecular weight excluding hydrogens is 168 g/mol. The monoisotopic (exact) mass is 178 g/mol. The van der Waals surface area contributed by atoms with Gasteiger partial charge in [-0.3, -0.25) is 0 Å². The molecule has 0 fully saturated rings. The van der Waals surface area contributed by atoms with Crippen LogP contribution in [0.1, 0.15) is 0 Å². The Morgan fingerprint density at radius 2 is 1.56 bits per heavy atom. The van der Waals surface area contributed by atoms with Crippen LogP contribution in [0.2, 0.25) is 0 Å². The van der Waals surface area contributed by atoms with E-state index in [0.29, 0.717) is 10.5 Å². The quantitative estimate of drug-likeness (QED) is 0.481. The first-order valence-electron chi connectivity index (χ1n) is 2.92. The van der Waals surface area contributed by atoms with Gasteiger partial charge in [0, 0.05) is 22.0 Å². The lowest BCUT2D eigenvalue weighted by Crippen LogP contribution is -2.01. The van der Waals surface area contributed by atoms with Gasteiger partial charge in [-0.05, 0) is 0 Å². The second kappa shape index (κ2) is 3.84. The van der Waals surface area contributed by atoms with Crippen molar-refractivity contribution >= 4 is 37.0 Å². The third kappa shape index (κ3) is 2.13. The van der Waals surface area contributed by atoms with E-state index in [0.717, 1.165) is 11.5 Å². The molecule has 1 aliphatic rings. The molecule has 0 amide bonds. The molecule has 1 aliphatic heterocycles. The van der Waals surface area contributed by atoms with E-state index in [-0.39, 0.29) is 0 Å². The van der Waals surface area contributed by atoms with Crippen LogP contribution in [0.5, 0.6) is 0 Å². The lowest BCUT2D eigenvalue weighted by Gasteiger charge is -2.05. The number of thioether (sulfide) groups is 1. The molecule has 0 N–H and O–H groups in total. The minimum absolute atomic E-state index is 0.630. The van der Waals surface area contributed by atoms with Crippen molar-refractivity contribution in [1.29, 1.82) is 0 Å². The molecule has 3 heteroatoms. The molecule has 52 valence electrons. The molecule has 0 bridgehead atoms. The maximum absolute atomic E-state index is 4.20. The standard InChI is InChI=1S/C6H10S3/c7-3-5-1-2-6(4-8)9-5/h1-2,5-8H,3-4H2. The lowest BCUT2D eigenvalue weighted by molar-refractivity contribution is 1.30. The van der Waals surface area contributed by atoms with Crippen molar-refractivity contribution in [3.63, 3.8) is 0 Å². The highest BCUT2D eigenvalue weighted by Gasteiger charge is 2.15. The average molecular weight is 178 g/mol. The zero-order chi connectivity index (χ0) is 6.69. The SMILES string of the molecule is SCC1C=CC(CS)S1. The second-order valence-corrected chi connectivity index (χ2v) is 4.18. The van der Waals surface area contributed by atoms with E-state index in [2.05, 4.69) is 37.4 Å². The third-order valence-corrected chi connectivity index (χ3v) is 3.88. The van der Waals surface area contributed by atoms with E-state index < -0.39 is 0 Å². The minimum Gasteiger partial charge on any atom is -0.178 e. The summed E-state index contributed by atoms with van der Waals surface area (Å²) in [5.41, 5.74) is 0. The Morgan fingerprint density at radius 3 is 1.78 bits per heavy atom. The van der Waals surface area contributed by atoms with Crippen molar-refractivity contribution in [2.75, 3.05) is 11.5 Å². The molecule has 0 aliphatic carbocycles. The molecule has 2 unspecified atom stereocenters. The molecule has 0 radical (unpaired) electrons. The largest absolute Gasteiger partial charge is 0.178 e. The van der Waals surface area contributed by atoms with E-state index >= 15 is 0 Å². The first-order chi connectivity index (χ1) is 4.36. The van der Waals surface area contributed by atoms with Crippen molar-refractivity contribution in [1.82, 2.24) is 0 Å². The van der Waals surface area contributed by atoms with Gasteiger partial charge in [0.25, 0.3) is 0 Å². The van der Waals surface area contributed by atoms with Crippen molar-refractivity contribution in [3.8, 4) is 0 Å². The van der Waals surface area contributed by atoms with Gasteiger partial charge in [-0.1, -0.05) is 12.2 Å². The van der Waals surface area contributed by atoms with Crippen LogP contribution < -0.4 is 0 Å². The summed E-state index contributed by atoms with van der Waals surface area (Å²) in [6, 6.07) is 0. The number of hydrogen-bond donors (Lipinski definition) is 2. The average Bonchev–Trinajstić information content (AvgIpc) is 2.34. The van der Waals surface area contributed by atoms with Gasteiger partial charge < -0.3 is 0 Å². The first kappa shape index (κ1) is 7.89. The van der Waals surface area contributed by atoms with Gasteiger partial charge in [-0.15, -0.1) is 11.8 Å². The summed E-state index contributed by atoms with van der Waals surface area (Å²) in [6.07, 6.45) is 4.44. The number of rotatable bonds is 2. The summed E-state index contributed by atoms with van der Waals surface area (Å²) in [4.78, 5) is 0. The molecule has 1 heterocycles. The predicted molar refractivity (Wildman–Crippen MR) is 52.0 cm³/mol. The van der Waals surface area contributed by atoms with Crippen LogP contribution in [0.15, 0.2) is 12.2 Å². The van der Waals surface area contributed by atoms with Crippen LogP contribution in [0.4, 0.5) is 0 Å². The normalized spacial score (nSPS) is 33.6. The van der Waals surface area contributed by atoms with Crippen molar-refractivity contribution < 1.29 is 0 Å². The summed E-state index contributed by atoms with van der Waals surface area (Å²) in [6.45, 7) is 0. The maximum Gasteiger partial charge on any atom is 0.0321 e. The zero-order valence-electron chi connectivity index (χ0n) is 5.03. The van der Waals surface area contributed by atoms with Crippen LogP contribution in [0, 0.1) is 0 Å². The highest BCUT2D eigenvalue weighted by Crippen LogP contribution is 2.28. The van der Waals surface area contributed by atoms with Crippen LogP contribution in [-0.4, -0.2) is 22.0 Å². The molecule has 0 nitrogen and oxygen atoms in total. The van der Waals surface area contributed by atoms with Crippen LogP contribution in [0.3, 0.4) is 0 Å². The molecule has 0 aromatic heterocycles. The minimum atomic E-state index is 0.630. The highest BCUT2D eigenvalue weighted by molar-refractivity contribution is 8.02. The molecule has 0 saturated carbocycles. The Labute approximate surface area is 71.3 Å². The van der Waals surface area contributed by atoms with E-state index in [1.54, 1.807) is 0 Å².